The molecule has 184 valence electrons. The lowest BCUT2D eigenvalue weighted by atomic mass is 10.1. The second-order valence-electron chi connectivity index (χ2n) is 7.15. The first-order valence-electron chi connectivity index (χ1n) is 10.3. The molecule has 4 rings (SSSR count). The minimum atomic E-state index is -4.67. The largest absolute Gasteiger partial charge is 0.465 e. The number of hydrogen-bond donors (Lipinski definition) is 0. The maximum Gasteiger partial charge on any atom is 0.433 e. The van der Waals surface area contributed by atoms with Gasteiger partial charge in [0.15, 0.2) is 11.4 Å². The molecule has 0 fully saturated rings. The molecule has 2 aromatic carbocycles. The molecule has 0 aliphatic rings. The summed E-state index contributed by atoms with van der Waals surface area (Å²) >= 11 is 0. The molecular weight excluding hydrogens is 481 g/mol. The Morgan fingerprint density at radius 1 is 0.917 bits per heavy atom. The number of methoxy groups -OCH3 is 2. The van der Waals surface area contributed by atoms with E-state index in [0.717, 1.165) is 26.5 Å². The fourth-order valence-electron chi connectivity index (χ4n) is 3.32. The highest BCUT2D eigenvalue weighted by Gasteiger charge is 2.33. The summed E-state index contributed by atoms with van der Waals surface area (Å²) in [4.78, 5) is 32.5. The Morgan fingerprint density at radius 3 is 2.31 bits per heavy atom. The molecule has 2 aromatic heterocycles. The quantitative estimate of drug-likeness (QED) is 0.352. The monoisotopic (exact) mass is 498 g/mol. The van der Waals surface area contributed by atoms with Crippen LogP contribution in [0.5, 0.6) is 11.8 Å². The highest BCUT2D eigenvalue weighted by atomic mass is 19.4. The molecule has 0 aliphatic heterocycles. The topological polar surface area (TPSA) is 105 Å². The Morgan fingerprint density at radius 2 is 1.64 bits per heavy atom. The van der Waals surface area contributed by atoms with Crippen molar-refractivity contribution in [1.82, 2.24) is 19.7 Å². The first-order valence-corrected chi connectivity index (χ1v) is 10.3. The van der Waals surface area contributed by atoms with E-state index in [1.807, 2.05) is 0 Å². The summed E-state index contributed by atoms with van der Waals surface area (Å²) in [5.74, 6) is -1.61. The molecule has 0 spiro atoms. The predicted octanol–water partition coefficient (Wildman–Crippen LogP) is 4.71. The van der Waals surface area contributed by atoms with Crippen LogP contribution in [0.4, 0.5) is 13.2 Å². The Labute approximate surface area is 202 Å². The minimum Gasteiger partial charge on any atom is -0.465 e. The van der Waals surface area contributed by atoms with Crippen molar-refractivity contribution in [2.24, 2.45) is 0 Å². The van der Waals surface area contributed by atoms with E-state index in [9.17, 15) is 22.8 Å². The van der Waals surface area contributed by atoms with Crippen molar-refractivity contribution >= 4 is 11.9 Å². The first kappa shape index (κ1) is 24.4. The molecule has 12 heteroatoms. The van der Waals surface area contributed by atoms with Crippen molar-refractivity contribution in [2.45, 2.75) is 6.18 Å². The van der Waals surface area contributed by atoms with E-state index in [-0.39, 0.29) is 22.7 Å². The van der Waals surface area contributed by atoms with Crippen LogP contribution < -0.4 is 4.74 Å². The maximum absolute atomic E-state index is 13.0. The van der Waals surface area contributed by atoms with E-state index in [0.29, 0.717) is 11.3 Å². The molecule has 0 radical (unpaired) electrons. The molecule has 0 amide bonds. The van der Waals surface area contributed by atoms with E-state index in [2.05, 4.69) is 15.1 Å². The van der Waals surface area contributed by atoms with Gasteiger partial charge in [-0.1, -0.05) is 30.3 Å². The number of para-hydroxylation sites is 1. The number of nitrogens with zero attached hydrogens (tertiary/aromatic N) is 4. The second kappa shape index (κ2) is 9.86. The number of ether oxygens (including phenoxy) is 3. The minimum absolute atomic E-state index is 0.0570. The first-order chi connectivity index (χ1) is 17.2. The SMILES string of the molecule is COC(=O)c1c(-c2cccc(Oc3nccc(C(F)(F)F)n3)c2)nn(-c2ccccc2)c1C(=O)OC. The molecule has 0 N–H and O–H groups in total. The summed E-state index contributed by atoms with van der Waals surface area (Å²) in [7, 11) is 2.31. The molecule has 4 aromatic rings. The average molecular weight is 498 g/mol. The van der Waals surface area contributed by atoms with Gasteiger partial charge in [-0.3, -0.25) is 0 Å². The fourth-order valence-corrected chi connectivity index (χ4v) is 3.32. The maximum atomic E-state index is 13.0. The molecule has 0 atom stereocenters. The molecule has 9 nitrogen and oxygen atoms in total. The van der Waals surface area contributed by atoms with Gasteiger partial charge >= 0.3 is 24.1 Å². The summed E-state index contributed by atoms with van der Waals surface area (Å²) in [5.41, 5.74) is -0.667. The molecule has 0 saturated heterocycles. The third kappa shape index (κ3) is 4.87. The molecular formula is C24H17F3N4O5. The van der Waals surface area contributed by atoms with Crippen LogP contribution >= 0.6 is 0 Å². The van der Waals surface area contributed by atoms with Crippen LogP contribution in [0.25, 0.3) is 16.9 Å². The number of carbonyl (C=O) groups is 2. The van der Waals surface area contributed by atoms with Crippen molar-refractivity contribution in [3.8, 4) is 28.7 Å². The van der Waals surface area contributed by atoms with E-state index in [4.69, 9.17) is 14.2 Å². The van der Waals surface area contributed by atoms with Crippen LogP contribution in [0.15, 0.2) is 66.9 Å². The van der Waals surface area contributed by atoms with Gasteiger partial charge < -0.3 is 14.2 Å². The standard InChI is InChI=1S/C24H17F3N4O5/c1-34-21(32)18-19(30-31(20(18)22(33)35-2)15-8-4-3-5-9-15)14-7-6-10-16(13-14)36-23-28-12-11-17(29-23)24(25,26)27/h3-13H,1-2H3. The van der Waals surface area contributed by atoms with Crippen molar-refractivity contribution in [2.75, 3.05) is 14.2 Å². The molecule has 0 unspecified atom stereocenters. The average Bonchev–Trinajstić information content (AvgIpc) is 3.29. The summed E-state index contributed by atoms with van der Waals surface area (Å²) in [6.45, 7) is 0. The van der Waals surface area contributed by atoms with Crippen LogP contribution in [-0.2, 0) is 15.7 Å². The Hall–Kier alpha value is -4.74. The third-order valence-electron chi connectivity index (χ3n) is 4.89. The third-order valence-corrected chi connectivity index (χ3v) is 4.89. The van der Waals surface area contributed by atoms with E-state index >= 15 is 0 Å². The van der Waals surface area contributed by atoms with Gasteiger partial charge in [-0.25, -0.2) is 19.3 Å². The summed E-state index contributed by atoms with van der Waals surface area (Å²) in [6.07, 6.45) is -3.75. The van der Waals surface area contributed by atoms with Gasteiger partial charge in [-0.05, 0) is 30.3 Å². The van der Waals surface area contributed by atoms with Crippen LogP contribution in [0.3, 0.4) is 0 Å². The summed E-state index contributed by atoms with van der Waals surface area (Å²) in [5, 5.41) is 4.46. The zero-order valence-corrected chi connectivity index (χ0v) is 18.8. The smallest absolute Gasteiger partial charge is 0.433 e. The van der Waals surface area contributed by atoms with Gasteiger partial charge in [0.25, 0.3) is 0 Å². The Kier molecular flexibility index (Phi) is 6.68. The number of hydrogen-bond acceptors (Lipinski definition) is 8. The summed E-state index contributed by atoms with van der Waals surface area (Å²) < 4.78 is 55.4. The Bertz CT molecular complexity index is 1420. The van der Waals surface area contributed by atoms with Gasteiger partial charge in [0.2, 0.25) is 0 Å². The van der Waals surface area contributed by atoms with Crippen molar-refractivity contribution < 1.29 is 37.0 Å². The van der Waals surface area contributed by atoms with Crippen LogP contribution in [0.2, 0.25) is 0 Å². The Balaban J connectivity index is 1.83. The normalized spacial score (nSPS) is 11.1. The molecule has 2 heterocycles. The van der Waals surface area contributed by atoms with Crippen LogP contribution in [-0.4, -0.2) is 45.9 Å². The highest BCUT2D eigenvalue weighted by molar-refractivity contribution is 6.06. The predicted molar refractivity (Wildman–Crippen MR) is 119 cm³/mol. The lowest BCUT2D eigenvalue weighted by molar-refractivity contribution is -0.141. The fraction of sp³-hybridized carbons (Fsp3) is 0.125. The molecule has 0 aliphatic carbocycles. The number of esters is 2. The van der Waals surface area contributed by atoms with Crippen molar-refractivity contribution in [3.63, 3.8) is 0 Å². The van der Waals surface area contributed by atoms with Crippen molar-refractivity contribution in [1.29, 1.82) is 0 Å². The van der Waals surface area contributed by atoms with Crippen LogP contribution in [0.1, 0.15) is 26.5 Å². The van der Waals surface area contributed by atoms with E-state index < -0.39 is 29.8 Å². The van der Waals surface area contributed by atoms with Crippen LogP contribution in [0, 0.1) is 0 Å². The number of carbonyl (C=O) groups excluding carboxylic acids is 2. The lowest BCUT2D eigenvalue weighted by Gasteiger charge is -2.09. The number of halogens is 3. The number of alkyl halides is 3. The van der Waals surface area contributed by atoms with Gasteiger partial charge in [0.1, 0.15) is 17.0 Å². The number of aromatic nitrogens is 4. The van der Waals surface area contributed by atoms with Gasteiger partial charge in [-0.2, -0.15) is 23.3 Å². The van der Waals surface area contributed by atoms with E-state index in [1.165, 1.54) is 22.9 Å². The summed E-state index contributed by atoms with van der Waals surface area (Å²) in [6, 6.07) is 14.7. The lowest BCUT2D eigenvalue weighted by Crippen LogP contribution is -2.15. The second-order valence-corrected chi connectivity index (χ2v) is 7.15. The van der Waals surface area contributed by atoms with E-state index in [1.54, 1.807) is 36.4 Å². The molecule has 0 saturated carbocycles. The van der Waals surface area contributed by atoms with Gasteiger partial charge in [-0.15, -0.1) is 0 Å². The number of rotatable bonds is 6. The zero-order chi connectivity index (χ0) is 25.9. The van der Waals surface area contributed by atoms with Gasteiger partial charge in [0.05, 0.1) is 19.9 Å². The highest BCUT2D eigenvalue weighted by Crippen LogP contribution is 2.33. The molecule has 0 bridgehead atoms. The van der Waals surface area contributed by atoms with Crippen molar-refractivity contribution in [3.05, 3.63) is 83.8 Å². The van der Waals surface area contributed by atoms with Gasteiger partial charge in [0, 0.05) is 11.8 Å². The zero-order valence-electron chi connectivity index (χ0n) is 18.8. The number of benzene rings is 2. The molecule has 36 heavy (non-hydrogen) atoms.